The van der Waals surface area contributed by atoms with E-state index in [-0.39, 0.29) is 0 Å². The van der Waals surface area contributed by atoms with Gasteiger partial charge in [-0.2, -0.15) is 0 Å². The van der Waals surface area contributed by atoms with Gasteiger partial charge in [0.05, 0.1) is 0 Å². The summed E-state index contributed by atoms with van der Waals surface area (Å²) < 4.78 is 0. The van der Waals surface area contributed by atoms with Crippen molar-refractivity contribution in [1.29, 1.82) is 0 Å². The summed E-state index contributed by atoms with van der Waals surface area (Å²) in [4.78, 5) is 0. The van der Waals surface area contributed by atoms with Crippen molar-refractivity contribution in [3.8, 4) is 5.75 Å². The molecule has 0 saturated heterocycles. The van der Waals surface area contributed by atoms with Gasteiger partial charge in [0, 0.05) is 5.92 Å². The molecule has 1 nitrogen and oxygen atoms in total. The van der Waals surface area contributed by atoms with E-state index >= 15 is 0 Å². The van der Waals surface area contributed by atoms with E-state index in [0.29, 0.717) is 23.5 Å². The summed E-state index contributed by atoms with van der Waals surface area (Å²) in [5.41, 5.74) is 9.88. The first kappa shape index (κ1) is 23.4. The molecule has 0 radical (unpaired) electrons. The van der Waals surface area contributed by atoms with E-state index < -0.39 is 0 Å². The molecule has 2 aliphatic rings. The normalized spacial score (nSPS) is 19.4. The van der Waals surface area contributed by atoms with Crippen LogP contribution in [0.3, 0.4) is 0 Å². The van der Waals surface area contributed by atoms with Crippen molar-refractivity contribution >= 4 is 0 Å². The maximum absolute atomic E-state index is 10.9. The number of hydrogen-bond donors (Lipinski definition) is 1. The molecule has 1 heteroatoms. The van der Waals surface area contributed by atoms with Gasteiger partial charge in [0.15, 0.2) is 0 Å². The van der Waals surface area contributed by atoms with Gasteiger partial charge in [0.2, 0.25) is 0 Å². The Morgan fingerprint density at radius 1 is 0.625 bits per heavy atom. The average molecular weight is 433 g/mol. The average Bonchev–Trinajstić information content (AvgIpc) is 2.77. The second-order valence-electron chi connectivity index (χ2n) is 11.2. The van der Waals surface area contributed by atoms with Crippen LogP contribution < -0.4 is 0 Å². The zero-order valence-electron chi connectivity index (χ0n) is 21.1. The van der Waals surface area contributed by atoms with E-state index in [1.165, 1.54) is 97.6 Å². The molecule has 1 atom stereocenters. The highest BCUT2D eigenvalue weighted by molar-refractivity contribution is 5.51. The summed E-state index contributed by atoms with van der Waals surface area (Å²) in [7, 11) is 0. The molecule has 2 saturated carbocycles. The van der Waals surface area contributed by atoms with Gasteiger partial charge in [-0.1, -0.05) is 70.6 Å². The van der Waals surface area contributed by atoms with Crippen LogP contribution >= 0.6 is 0 Å². The molecule has 0 aliphatic heterocycles. The van der Waals surface area contributed by atoms with Crippen LogP contribution in [0.4, 0.5) is 0 Å². The van der Waals surface area contributed by atoms with Crippen molar-refractivity contribution in [2.45, 2.75) is 117 Å². The topological polar surface area (TPSA) is 20.2 Å². The zero-order valence-corrected chi connectivity index (χ0v) is 21.1. The van der Waals surface area contributed by atoms with Crippen molar-refractivity contribution in [2.24, 2.45) is 5.92 Å². The Bertz CT molecular complexity index is 852. The second-order valence-corrected chi connectivity index (χ2v) is 11.2. The van der Waals surface area contributed by atoms with E-state index in [0.717, 1.165) is 5.92 Å². The first-order chi connectivity index (χ1) is 15.4. The molecule has 2 aromatic carbocycles. The Balaban J connectivity index is 1.79. The lowest BCUT2D eigenvalue weighted by molar-refractivity contribution is 0.413. The van der Waals surface area contributed by atoms with Crippen LogP contribution in [0.25, 0.3) is 0 Å². The van der Waals surface area contributed by atoms with Gasteiger partial charge < -0.3 is 5.11 Å². The Kier molecular flexibility index (Phi) is 7.33. The monoisotopic (exact) mass is 432 g/mol. The van der Waals surface area contributed by atoms with E-state index in [2.05, 4.69) is 58.9 Å². The number of hydrogen-bond acceptors (Lipinski definition) is 1. The fraction of sp³-hybridized carbons (Fsp3) is 0.613. The summed E-state index contributed by atoms with van der Waals surface area (Å²) in [6.07, 6.45) is 13.2. The van der Waals surface area contributed by atoms with Crippen molar-refractivity contribution < 1.29 is 5.11 Å². The lowest BCUT2D eigenvalue weighted by atomic mass is 9.74. The Hall–Kier alpha value is -1.76. The minimum Gasteiger partial charge on any atom is -0.508 e. The van der Waals surface area contributed by atoms with E-state index in [4.69, 9.17) is 0 Å². The van der Waals surface area contributed by atoms with E-state index in [9.17, 15) is 5.11 Å². The lowest BCUT2D eigenvalue weighted by Gasteiger charge is -2.31. The van der Waals surface area contributed by atoms with Gasteiger partial charge in [-0.05, 0) is 109 Å². The van der Waals surface area contributed by atoms with Crippen molar-refractivity contribution in [3.05, 3.63) is 63.2 Å². The molecule has 2 fully saturated rings. The SMILES string of the molecule is Cc1cc(C)c(C(c2cc(C3CCCCC3)c(O)cc2C)C(C)C)cc1C1CCCCC1. The highest BCUT2D eigenvalue weighted by Gasteiger charge is 2.27. The molecule has 174 valence electrons. The molecule has 0 aromatic heterocycles. The van der Waals surface area contributed by atoms with E-state index in [1.54, 1.807) is 5.56 Å². The fourth-order valence-corrected chi connectivity index (χ4v) is 6.76. The predicted molar refractivity (Wildman–Crippen MR) is 137 cm³/mol. The smallest absolute Gasteiger partial charge is 0.119 e. The number of phenols is 1. The third-order valence-electron chi connectivity index (χ3n) is 8.50. The molecular formula is C31H44O. The number of aromatic hydroxyl groups is 1. The maximum atomic E-state index is 10.9. The minimum absolute atomic E-state index is 0.376. The van der Waals surface area contributed by atoms with Gasteiger partial charge in [-0.25, -0.2) is 0 Å². The number of phenolic OH excluding ortho intramolecular Hbond substituents is 1. The fourth-order valence-electron chi connectivity index (χ4n) is 6.76. The van der Waals surface area contributed by atoms with Crippen LogP contribution in [0.1, 0.15) is 135 Å². The second kappa shape index (κ2) is 10.0. The predicted octanol–water partition coefficient (Wildman–Crippen LogP) is 9.20. The quantitative estimate of drug-likeness (QED) is 0.499. The number of aryl methyl sites for hydroxylation is 3. The molecular weight excluding hydrogens is 388 g/mol. The van der Waals surface area contributed by atoms with Crippen LogP contribution in [0.5, 0.6) is 5.75 Å². The Labute approximate surface area is 196 Å². The van der Waals surface area contributed by atoms with Gasteiger partial charge in [-0.3, -0.25) is 0 Å². The number of rotatable bonds is 5. The molecule has 0 amide bonds. The van der Waals surface area contributed by atoms with Crippen molar-refractivity contribution in [2.75, 3.05) is 0 Å². The molecule has 32 heavy (non-hydrogen) atoms. The first-order valence-corrected chi connectivity index (χ1v) is 13.3. The summed E-state index contributed by atoms with van der Waals surface area (Å²) in [6, 6.07) is 9.48. The summed E-state index contributed by atoms with van der Waals surface area (Å²) in [5.74, 6) is 2.66. The first-order valence-electron chi connectivity index (χ1n) is 13.3. The molecule has 1 unspecified atom stereocenters. The molecule has 2 aliphatic carbocycles. The van der Waals surface area contributed by atoms with Crippen LogP contribution in [-0.4, -0.2) is 5.11 Å². The van der Waals surface area contributed by atoms with Gasteiger partial charge in [0.25, 0.3) is 0 Å². The molecule has 0 heterocycles. The minimum atomic E-state index is 0.376. The molecule has 0 bridgehead atoms. The van der Waals surface area contributed by atoms with Crippen LogP contribution in [0.2, 0.25) is 0 Å². The molecule has 1 N–H and O–H groups in total. The largest absolute Gasteiger partial charge is 0.508 e. The lowest BCUT2D eigenvalue weighted by Crippen LogP contribution is -2.15. The third-order valence-corrected chi connectivity index (χ3v) is 8.50. The van der Waals surface area contributed by atoms with Crippen LogP contribution in [0, 0.1) is 26.7 Å². The molecule has 4 rings (SSSR count). The Morgan fingerprint density at radius 3 is 1.62 bits per heavy atom. The van der Waals surface area contributed by atoms with Crippen molar-refractivity contribution in [3.63, 3.8) is 0 Å². The van der Waals surface area contributed by atoms with Crippen molar-refractivity contribution in [1.82, 2.24) is 0 Å². The summed E-state index contributed by atoms with van der Waals surface area (Å²) in [6.45, 7) is 11.6. The zero-order chi connectivity index (χ0) is 22.8. The summed E-state index contributed by atoms with van der Waals surface area (Å²) >= 11 is 0. The molecule has 2 aromatic rings. The highest BCUT2D eigenvalue weighted by Crippen LogP contribution is 2.44. The van der Waals surface area contributed by atoms with Gasteiger partial charge in [0.1, 0.15) is 5.75 Å². The van der Waals surface area contributed by atoms with Crippen LogP contribution in [0.15, 0.2) is 24.3 Å². The van der Waals surface area contributed by atoms with Gasteiger partial charge in [-0.15, -0.1) is 0 Å². The number of benzene rings is 2. The third kappa shape index (κ3) is 4.78. The standard InChI is InChI=1S/C31H44O/c1-20(2)31(27-18-26(21(3)16-22(27)4)24-12-8-6-9-13-24)28-19-29(30(32)17-23(28)5)25-14-10-7-11-15-25/h16-20,24-25,31-32H,6-15H2,1-5H3. The summed E-state index contributed by atoms with van der Waals surface area (Å²) in [5, 5.41) is 10.9. The van der Waals surface area contributed by atoms with Crippen LogP contribution in [-0.2, 0) is 0 Å². The molecule has 0 spiro atoms. The maximum Gasteiger partial charge on any atom is 0.119 e. The van der Waals surface area contributed by atoms with Gasteiger partial charge >= 0.3 is 0 Å². The highest BCUT2D eigenvalue weighted by atomic mass is 16.3. The van der Waals surface area contributed by atoms with E-state index in [1.807, 2.05) is 0 Å². The Morgan fingerprint density at radius 2 is 1.09 bits per heavy atom.